The molecule has 2 heterocycles. The molecule has 1 aromatic carbocycles. The summed E-state index contributed by atoms with van der Waals surface area (Å²) in [6, 6.07) is 6.24. The zero-order valence-corrected chi connectivity index (χ0v) is 13.4. The molecule has 1 atom stereocenters. The van der Waals surface area contributed by atoms with E-state index in [0.717, 1.165) is 24.9 Å². The van der Waals surface area contributed by atoms with Gasteiger partial charge in [-0.2, -0.15) is 5.10 Å². The molecule has 1 saturated heterocycles. The van der Waals surface area contributed by atoms with Crippen LogP contribution in [0.3, 0.4) is 0 Å². The molecule has 0 unspecified atom stereocenters. The molecule has 0 bridgehead atoms. The highest BCUT2D eigenvalue weighted by Crippen LogP contribution is 2.30. The van der Waals surface area contributed by atoms with Crippen LogP contribution in [0.1, 0.15) is 35.3 Å². The number of hydrogen-bond donors (Lipinski definition) is 1. The van der Waals surface area contributed by atoms with Gasteiger partial charge in [0.2, 0.25) is 5.91 Å². The lowest BCUT2D eigenvalue weighted by Crippen LogP contribution is -2.25. The summed E-state index contributed by atoms with van der Waals surface area (Å²) in [5.41, 5.74) is 8.97. The molecule has 24 heavy (non-hydrogen) atoms. The molecule has 1 fully saturated rings. The maximum atomic E-state index is 11.3. The van der Waals surface area contributed by atoms with Crippen LogP contribution in [0.5, 0.6) is 0 Å². The van der Waals surface area contributed by atoms with Crippen LogP contribution in [-0.4, -0.2) is 40.5 Å². The largest absolute Gasteiger partial charge is 0.376 e. The van der Waals surface area contributed by atoms with Crippen molar-refractivity contribution >= 4 is 5.91 Å². The Labute approximate surface area is 139 Å². The number of primary amides is 1. The van der Waals surface area contributed by atoms with Crippen molar-refractivity contribution in [1.82, 2.24) is 14.8 Å². The van der Waals surface area contributed by atoms with Gasteiger partial charge in [0.25, 0.3) is 0 Å². The normalized spacial score (nSPS) is 20.1. The van der Waals surface area contributed by atoms with Crippen LogP contribution in [0.2, 0.25) is 0 Å². The van der Waals surface area contributed by atoms with Gasteiger partial charge in [-0.1, -0.05) is 12.1 Å². The van der Waals surface area contributed by atoms with Gasteiger partial charge in [0.05, 0.1) is 31.9 Å². The highest BCUT2D eigenvalue weighted by Gasteiger charge is 2.27. The molecule has 1 amide bonds. The Morgan fingerprint density at radius 2 is 2.25 bits per heavy atom. The molecule has 2 N–H and O–H groups in total. The zero-order chi connectivity index (χ0) is 16.5. The molecule has 126 valence electrons. The zero-order valence-electron chi connectivity index (χ0n) is 13.4. The average Bonchev–Trinajstić information content (AvgIpc) is 3.21. The fourth-order valence-corrected chi connectivity index (χ4v) is 3.42. The molecule has 1 aromatic heterocycles. The third kappa shape index (κ3) is 2.81. The number of ether oxygens (including phenoxy) is 2. The Bertz CT molecular complexity index is 765. The van der Waals surface area contributed by atoms with Crippen molar-refractivity contribution in [3.8, 4) is 5.69 Å². The van der Waals surface area contributed by atoms with Crippen molar-refractivity contribution < 1.29 is 14.3 Å². The van der Waals surface area contributed by atoms with E-state index in [9.17, 15) is 4.79 Å². The second-order valence-electron chi connectivity index (χ2n) is 6.14. The van der Waals surface area contributed by atoms with Crippen LogP contribution >= 0.6 is 0 Å². The van der Waals surface area contributed by atoms with Gasteiger partial charge in [-0.05, 0) is 36.5 Å². The first-order valence-corrected chi connectivity index (χ1v) is 8.27. The summed E-state index contributed by atoms with van der Waals surface area (Å²) < 4.78 is 13.1. The van der Waals surface area contributed by atoms with Crippen molar-refractivity contribution in [3.05, 3.63) is 41.0 Å². The minimum absolute atomic E-state index is 0.0165. The molecule has 2 aliphatic rings. The summed E-state index contributed by atoms with van der Waals surface area (Å²) in [7, 11) is 0. The first-order chi connectivity index (χ1) is 11.7. The van der Waals surface area contributed by atoms with E-state index in [1.54, 1.807) is 0 Å². The van der Waals surface area contributed by atoms with Gasteiger partial charge in [-0.3, -0.25) is 4.79 Å². The van der Waals surface area contributed by atoms with Gasteiger partial charge in [0.15, 0.2) is 11.6 Å². The third-order valence-corrected chi connectivity index (χ3v) is 4.46. The Kier molecular flexibility index (Phi) is 4.03. The van der Waals surface area contributed by atoms with Gasteiger partial charge < -0.3 is 15.2 Å². The monoisotopic (exact) mass is 328 g/mol. The first kappa shape index (κ1) is 15.3. The minimum Gasteiger partial charge on any atom is -0.376 e. The number of nitrogens with two attached hydrogens (primary N) is 1. The summed E-state index contributed by atoms with van der Waals surface area (Å²) in [6.07, 6.45) is 2.99. The Hall–Kier alpha value is -2.25. The van der Waals surface area contributed by atoms with E-state index in [0.29, 0.717) is 31.5 Å². The van der Waals surface area contributed by atoms with Crippen molar-refractivity contribution in [2.24, 2.45) is 5.73 Å². The number of carbonyl (C=O) groups excluding carboxylic acids is 1. The molecule has 4 rings (SSSR count). The molecular formula is C17H20N4O3. The summed E-state index contributed by atoms with van der Waals surface area (Å²) in [5.74, 6) is 0.645. The van der Waals surface area contributed by atoms with Gasteiger partial charge in [-0.25, -0.2) is 9.67 Å². The van der Waals surface area contributed by atoms with E-state index < -0.39 is 5.91 Å². The van der Waals surface area contributed by atoms with Crippen molar-refractivity contribution in [2.45, 2.75) is 31.8 Å². The molecule has 7 nitrogen and oxygen atoms in total. The van der Waals surface area contributed by atoms with Crippen molar-refractivity contribution in [3.63, 3.8) is 0 Å². The lowest BCUT2D eigenvalue weighted by atomic mass is 10.1. The number of nitrogens with zero attached hydrogens (tertiary/aromatic N) is 3. The molecule has 1 aliphatic heterocycles. The number of hydrogen-bond acceptors (Lipinski definition) is 5. The SMILES string of the molecule is NC(=O)Cc1nc([C@@H]2COCCO2)n(-c2cccc3c2CCC3)n1. The second-order valence-corrected chi connectivity index (χ2v) is 6.14. The van der Waals surface area contributed by atoms with Crippen LogP contribution in [-0.2, 0) is 33.5 Å². The second kappa shape index (κ2) is 6.33. The maximum absolute atomic E-state index is 11.3. The number of aromatic nitrogens is 3. The number of fused-ring (bicyclic) bond motifs is 1. The number of rotatable bonds is 4. The van der Waals surface area contributed by atoms with E-state index in [1.807, 2.05) is 16.8 Å². The van der Waals surface area contributed by atoms with Crippen molar-refractivity contribution in [1.29, 1.82) is 0 Å². The Morgan fingerprint density at radius 1 is 1.33 bits per heavy atom. The number of benzene rings is 1. The lowest BCUT2D eigenvalue weighted by molar-refractivity contribution is -0.117. The van der Waals surface area contributed by atoms with E-state index in [-0.39, 0.29) is 12.5 Å². The standard InChI is InChI=1S/C17H20N4O3/c18-15(22)9-16-19-17(14-10-23-7-8-24-14)21(20-16)13-6-2-4-11-3-1-5-12(11)13/h2,4,6,14H,1,3,5,7-10H2,(H2,18,22)/t14-/m0/s1. The van der Waals surface area contributed by atoms with E-state index in [4.69, 9.17) is 15.2 Å². The molecule has 7 heteroatoms. The Morgan fingerprint density at radius 3 is 3.04 bits per heavy atom. The van der Waals surface area contributed by atoms with Crippen LogP contribution in [0, 0.1) is 0 Å². The van der Waals surface area contributed by atoms with Crippen LogP contribution < -0.4 is 5.73 Å². The average molecular weight is 328 g/mol. The molecule has 0 saturated carbocycles. The van der Waals surface area contributed by atoms with Gasteiger partial charge >= 0.3 is 0 Å². The van der Waals surface area contributed by atoms with E-state index in [2.05, 4.69) is 16.1 Å². The first-order valence-electron chi connectivity index (χ1n) is 8.27. The summed E-state index contributed by atoms with van der Waals surface area (Å²) in [5, 5.41) is 4.54. The topological polar surface area (TPSA) is 92.3 Å². The molecular weight excluding hydrogens is 308 g/mol. The van der Waals surface area contributed by atoms with Crippen LogP contribution in [0.15, 0.2) is 18.2 Å². The summed E-state index contributed by atoms with van der Waals surface area (Å²) in [6.45, 7) is 1.54. The number of aryl methyl sites for hydroxylation is 1. The predicted molar refractivity (Wildman–Crippen MR) is 85.8 cm³/mol. The summed E-state index contributed by atoms with van der Waals surface area (Å²) >= 11 is 0. The van der Waals surface area contributed by atoms with Gasteiger partial charge in [0.1, 0.15) is 6.10 Å². The highest BCUT2D eigenvalue weighted by atomic mass is 16.6. The quantitative estimate of drug-likeness (QED) is 0.899. The Balaban J connectivity index is 1.79. The number of amides is 1. The minimum atomic E-state index is -0.446. The summed E-state index contributed by atoms with van der Waals surface area (Å²) in [4.78, 5) is 15.8. The van der Waals surface area contributed by atoms with E-state index >= 15 is 0 Å². The maximum Gasteiger partial charge on any atom is 0.225 e. The fraction of sp³-hybridized carbons (Fsp3) is 0.471. The fourth-order valence-electron chi connectivity index (χ4n) is 3.42. The lowest BCUT2D eigenvalue weighted by Gasteiger charge is -2.23. The van der Waals surface area contributed by atoms with Gasteiger partial charge in [-0.15, -0.1) is 0 Å². The number of carbonyl (C=O) groups is 1. The smallest absolute Gasteiger partial charge is 0.225 e. The molecule has 0 radical (unpaired) electrons. The molecule has 0 spiro atoms. The predicted octanol–water partition coefficient (Wildman–Crippen LogP) is 0.872. The van der Waals surface area contributed by atoms with Crippen LogP contribution in [0.4, 0.5) is 0 Å². The highest BCUT2D eigenvalue weighted by molar-refractivity contribution is 5.75. The van der Waals surface area contributed by atoms with Crippen LogP contribution in [0.25, 0.3) is 5.69 Å². The molecule has 2 aromatic rings. The van der Waals surface area contributed by atoms with E-state index in [1.165, 1.54) is 11.1 Å². The van der Waals surface area contributed by atoms with Crippen molar-refractivity contribution in [2.75, 3.05) is 19.8 Å². The third-order valence-electron chi connectivity index (χ3n) is 4.46. The molecule has 1 aliphatic carbocycles. The van der Waals surface area contributed by atoms with Gasteiger partial charge in [0, 0.05) is 0 Å².